The summed E-state index contributed by atoms with van der Waals surface area (Å²) in [7, 11) is 0. The minimum atomic E-state index is 0.0280. The van der Waals surface area contributed by atoms with Gasteiger partial charge in [0.15, 0.2) is 0 Å². The molecule has 0 rings (SSSR count). The van der Waals surface area contributed by atoms with Gasteiger partial charge >= 0.3 is 0 Å². The normalized spacial score (nSPS) is 11.5. The fourth-order valence-corrected chi connectivity index (χ4v) is 0.232. The molecule has 0 saturated carbocycles. The molecule has 2 heteroatoms. The SMILES string of the molecule is C#CC(C)COC=O. The molecule has 0 aliphatic carbocycles. The summed E-state index contributed by atoms with van der Waals surface area (Å²) in [4.78, 5) is 9.53. The first-order valence-electron chi connectivity index (χ1n) is 2.32. The summed E-state index contributed by atoms with van der Waals surface area (Å²) in [5.41, 5.74) is 0. The summed E-state index contributed by atoms with van der Waals surface area (Å²) >= 11 is 0. The molecule has 0 aromatic heterocycles. The number of ether oxygens (including phenoxy) is 1. The third kappa shape index (κ3) is 3.23. The van der Waals surface area contributed by atoms with E-state index in [1.165, 1.54) is 0 Å². The Bertz CT molecular complexity index is 102. The number of carbonyl (C=O) groups excluding carboxylic acids is 1. The van der Waals surface area contributed by atoms with Gasteiger partial charge in [-0.3, -0.25) is 4.79 Å². The highest BCUT2D eigenvalue weighted by atomic mass is 16.5. The van der Waals surface area contributed by atoms with Crippen LogP contribution < -0.4 is 0 Å². The fourth-order valence-electron chi connectivity index (χ4n) is 0.232. The Hall–Kier alpha value is -0.970. The maximum Gasteiger partial charge on any atom is 0.293 e. The molecular formula is C6H8O2. The number of carbonyl (C=O) groups is 1. The zero-order valence-electron chi connectivity index (χ0n) is 4.76. The van der Waals surface area contributed by atoms with Gasteiger partial charge in [-0.15, -0.1) is 12.3 Å². The van der Waals surface area contributed by atoms with Crippen molar-refractivity contribution in [3.8, 4) is 12.3 Å². The van der Waals surface area contributed by atoms with Gasteiger partial charge in [-0.1, -0.05) is 0 Å². The Kier molecular flexibility index (Phi) is 3.69. The number of hydrogen-bond acceptors (Lipinski definition) is 2. The van der Waals surface area contributed by atoms with Gasteiger partial charge in [-0.2, -0.15) is 0 Å². The molecule has 0 fully saturated rings. The van der Waals surface area contributed by atoms with Crippen LogP contribution in [0.4, 0.5) is 0 Å². The molecule has 44 valence electrons. The van der Waals surface area contributed by atoms with Crippen molar-refractivity contribution in [1.82, 2.24) is 0 Å². The molecule has 2 nitrogen and oxygen atoms in total. The average Bonchev–Trinajstić information content (AvgIpc) is 1.83. The third-order valence-electron chi connectivity index (χ3n) is 0.699. The van der Waals surface area contributed by atoms with Crippen LogP contribution in [-0.2, 0) is 9.53 Å². The second kappa shape index (κ2) is 4.20. The van der Waals surface area contributed by atoms with Gasteiger partial charge in [-0.05, 0) is 6.92 Å². The predicted molar refractivity (Wildman–Crippen MR) is 30.0 cm³/mol. The van der Waals surface area contributed by atoms with Gasteiger partial charge in [0, 0.05) is 0 Å². The van der Waals surface area contributed by atoms with E-state index in [0.717, 1.165) is 0 Å². The van der Waals surface area contributed by atoms with E-state index in [2.05, 4.69) is 10.7 Å². The molecule has 8 heavy (non-hydrogen) atoms. The van der Waals surface area contributed by atoms with E-state index in [1.54, 1.807) is 0 Å². The van der Waals surface area contributed by atoms with E-state index in [4.69, 9.17) is 6.42 Å². The van der Waals surface area contributed by atoms with Crippen LogP contribution in [0.3, 0.4) is 0 Å². The molecular weight excluding hydrogens is 104 g/mol. The molecule has 0 bridgehead atoms. The standard InChI is InChI=1S/C6H8O2/c1-3-6(2)4-8-5-7/h1,5-6H,4H2,2H3. The Balaban J connectivity index is 3.14. The van der Waals surface area contributed by atoms with Gasteiger partial charge in [0.25, 0.3) is 6.47 Å². The fraction of sp³-hybridized carbons (Fsp3) is 0.500. The van der Waals surface area contributed by atoms with E-state index in [0.29, 0.717) is 13.1 Å². The van der Waals surface area contributed by atoms with E-state index >= 15 is 0 Å². The quantitative estimate of drug-likeness (QED) is 0.391. The lowest BCUT2D eigenvalue weighted by Crippen LogP contribution is -2.00. The highest BCUT2D eigenvalue weighted by Crippen LogP contribution is 1.89. The molecule has 0 aliphatic rings. The molecule has 0 amide bonds. The minimum absolute atomic E-state index is 0.0280. The van der Waals surface area contributed by atoms with Crippen molar-refractivity contribution < 1.29 is 9.53 Å². The Morgan fingerprint density at radius 1 is 2.00 bits per heavy atom. The van der Waals surface area contributed by atoms with Crippen molar-refractivity contribution in [2.24, 2.45) is 5.92 Å². The van der Waals surface area contributed by atoms with Gasteiger partial charge in [0.2, 0.25) is 0 Å². The van der Waals surface area contributed by atoms with Crippen LogP contribution >= 0.6 is 0 Å². The van der Waals surface area contributed by atoms with Crippen LogP contribution in [0.25, 0.3) is 0 Å². The molecule has 0 spiro atoms. The van der Waals surface area contributed by atoms with Crippen molar-refractivity contribution in [1.29, 1.82) is 0 Å². The number of rotatable bonds is 3. The summed E-state index contributed by atoms with van der Waals surface area (Å²) < 4.78 is 4.36. The molecule has 0 aromatic rings. The van der Waals surface area contributed by atoms with Crippen LogP contribution in [0.5, 0.6) is 0 Å². The summed E-state index contributed by atoms with van der Waals surface area (Å²) in [5.74, 6) is 2.44. The maximum absolute atomic E-state index is 9.53. The van der Waals surface area contributed by atoms with Gasteiger partial charge in [0.1, 0.15) is 6.61 Å². The topological polar surface area (TPSA) is 26.3 Å². The molecule has 0 heterocycles. The average molecular weight is 112 g/mol. The van der Waals surface area contributed by atoms with Crippen molar-refractivity contribution in [3.05, 3.63) is 0 Å². The lowest BCUT2D eigenvalue weighted by Gasteiger charge is -1.98. The Labute approximate surface area is 48.8 Å². The molecule has 0 N–H and O–H groups in total. The highest BCUT2D eigenvalue weighted by Gasteiger charge is 1.92. The second-order valence-electron chi connectivity index (χ2n) is 1.50. The Morgan fingerprint density at radius 3 is 3.00 bits per heavy atom. The van der Waals surface area contributed by atoms with E-state index in [9.17, 15) is 4.79 Å². The molecule has 0 aliphatic heterocycles. The van der Waals surface area contributed by atoms with Crippen LogP contribution in [0.15, 0.2) is 0 Å². The van der Waals surface area contributed by atoms with Crippen LogP contribution in [0.2, 0.25) is 0 Å². The van der Waals surface area contributed by atoms with Gasteiger partial charge < -0.3 is 4.74 Å². The van der Waals surface area contributed by atoms with E-state index in [-0.39, 0.29) is 5.92 Å². The first-order valence-corrected chi connectivity index (χ1v) is 2.32. The minimum Gasteiger partial charge on any atom is -0.467 e. The van der Waals surface area contributed by atoms with Crippen molar-refractivity contribution in [2.45, 2.75) is 6.92 Å². The van der Waals surface area contributed by atoms with Crippen molar-refractivity contribution in [3.63, 3.8) is 0 Å². The summed E-state index contributed by atoms with van der Waals surface area (Å²) in [6.07, 6.45) is 4.97. The summed E-state index contributed by atoms with van der Waals surface area (Å²) in [6, 6.07) is 0. The molecule has 1 unspecified atom stereocenters. The van der Waals surface area contributed by atoms with Gasteiger partial charge in [-0.25, -0.2) is 0 Å². The maximum atomic E-state index is 9.53. The molecule has 0 radical (unpaired) electrons. The van der Waals surface area contributed by atoms with Crippen LogP contribution in [0.1, 0.15) is 6.92 Å². The number of hydrogen-bond donors (Lipinski definition) is 0. The first-order chi connectivity index (χ1) is 3.81. The summed E-state index contributed by atoms with van der Waals surface area (Å²) in [6.45, 7) is 2.53. The van der Waals surface area contributed by atoms with Gasteiger partial charge in [0.05, 0.1) is 5.92 Å². The monoisotopic (exact) mass is 112 g/mol. The predicted octanol–water partition coefficient (Wildman–Crippen LogP) is 0.429. The molecule has 1 atom stereocenters. The van der Waals surface area contributed by atoms with Crippen molar-refractivity contribution in [2.75, 3.05) is 6.61 Å². The largest absolute Gasteiger partial charge is 0.467 e. The Morgan fingerprint density at radius 2 is 2.62 bits per heavy atom. The highest BCUT2D eigenvalue weighted by molar-refractivity contribution is 5.36. The lowest BCUT2D eigenvalue weighted by atomic mass is 10.2. The third-order valence-corrected chi connectivity index (χ3v) is 0.699. The molecule has 0 saturated heterocycles. The van der Waals surface area contributed by atoms with E-state index < -0.39 is 0 Å². The van der Waals surface area contributed by atoms with Crippen LogP contribution in [-0.4, -0.2) is 13.1 Å². The zero-order valence-corrected chi connectivity index (χ0v) is 4.76. The summed E-state index contributed by atoms with van der Waals surface area (Å²) in [5, 5.41) is 0. The smallest absolute Gasteiger partial charge is 0.293 e. The lowest BCUT2D eigenvalue weighted by molar-refractivity contribution is -0.129. The van der Waals surface area contributed by atoms with Crippen molar-refractivity contribution >= 4 is 6.47 Å². The first kappa shape index (κ1) is 7.03. The second-order valence-corrected chi connectivity index (χ2v) is 1.50. The zero-order chi connectivity index (χ0) is 6.41. The number of terminal acetylenes is 1. The van der Waals surface area contributed by atoms with E-state index in [1.807, 2.05) is 6.92 Å². The molecule has 0 aromatic carbocycles. The van der Waals surface area contributed by atoms with Crippen LogP contribution in [0, 0.1) is 18.3 Å².